The van der Waals surface area contributed by atoms with Crippen LogP contribution in [0.5, 0.6) is 17.2 Å². The van der Waals surface area contributed by atoms with Crippen molar-refractivity contribution in [2.45, 2.75) is 12.5 Å². The molecular weight excluding hydrogens is 480 g/mol. The fraction of sp³-hybridized carbons (Fsp3) is 0.125. The van der Waals surface area contributed by atoms with Crippen LogP contribution < -0.4 is 14.2 Å². The summed E-state index contributed by atoms with van der Waals surface area (Å²) in [6.45, 7) is 5.22. The van der Waals surface area contributed by atoms with Crippen LogP contribution in [0.15, 0.2) is 97.1 Å². The standard InChI is InChI=1S/C32H26O6/c1-20(2)30(33)37-29-25-13-9-8-12-24(25)28-26(27(29)31(34)36-4)18-19-32(38-28,21-10-6-5-7-11-21)22-14-16-23(35-3)17-15-22/h5-19H,1H2,2-4H3. The first-order valence-electron chi connectivity index (χ1n) is 12.0. The van der Waals surface area contributed by atoms with E-state index in [9.17, 15) is 9.59 Å². The molecule has 1 heterocycles. The van der Waals surface area contributed by atoms with Crippen molar-refractivity contribution < 1.29 is 28.5 Å². The van der Waals surface area contributed by atoms with Crippen LogP contribution in [0.25, 0.3) is 16.8 Å². The number of methoxy groups -OCH3 is 2. The summed E-state index contributed by atoms with van der Waals surface area (Å²) in [6, 6.07) is 24.8. The minimum absolute atomic E-state index is 0.100. The Kier molecular flexibility index (Phi) is 6.47. The van der Waals surface area contributed by atoms with E-state index in [1.165, 1.54) is 7.11 Å². The first-order chi connectivity index (χ1) is 18.4. The fourth-order valence-corrected chi connectivity index (χ4v) is 4.65. The Morgan fingerprint density at radius 3 is 2.11 bits per heavy atom. The van der Waals surface area contributed by atoms with Crippen LogP contribution >= 0.6 is 0 Å². The van der Waals surface area contributed by atoms with Crippen LogP contribution in [0.2, 0.25) is 0 Å². The Morgan fingerprint density at radius 1 is 0.842 bits per heavy atom. The van der Waals surface area contributed by atoms with Gasteiger partial charge in [-0.25, -0.2) is 9.59 Å². The molecule has 0 N–H and O–H groups in total. The van der Waals surface area contributed by atoms with Crippen molar-refractivity contribution >= 4 is 28.8 Å². The average molecular weight is 507 g/mol. The van der Waals surface area contributed by atoms with Crippen LogP contribution in [0.3, 0.4) is 0 Å². The van der Waals surface area contributed by atoms with Crippen LogP contribution in [-0.4, -0.2) is 26.2 Å². The van der Waals surface area contributed by atoms with E-state index in [1.807, 2.05) is 78.9 Å². The van der Waals surface area contributed by atoms with Gasteiger partial charge in [0.05, 0.1) is 14.2 Å². The predicted octanol–water partition coefficient (Wildman–Crippen LogP) is 6.47. The minimum Gasteiger partial charge on any atom is -0.497 e. The lowest BCUT2D eigenvalue weighted by atomic mass is 9.82. The van der Waals surface area contributed by atoms with Crippen molar-refractivity contribution in [2.24, 2.45) is 0 Å². The molecule has 1 aliphatic rings. The van der Waals surface area contributed by atoms with Gasteiger partial charge in [0.1, 0.15) is 17.1 Å². The molecule has 0 aromatic heterocycles. The lowest BCUT2D eigenvalue weighted by molar-refractivity contribution is -0.130. The SMILES string of the molecule is C=C(C)C(=O)Oc1c(C(=O)OC)c2c(c3ccccc13)OC(c1ccccc1)(c1ccc(OC)cc1)C=C2. The van der Waals surface area contributed by atoms with Crippen molar-refractivity contribution in [3.05, 3.63) is 119 Å². The van der Waals surface area contributed by atoms with Crippen LogP contribution in [0, 0.1) is 0 Å². The molecule has 1 unspecified atom stereocenters. The van der Waals surface area contributed by atoms with E-state index >= 15 is 0 Å². The van der Waals surface area contributed by atoms with E-state index in [2.05, 4.69) is 6.58 Å². The van der Waals surface area contributed by atoms with Gasteiger partial charge in [-0.15, -0.1) is 0 Å². The summed E-state index contributed by atoms with van der Waals surface area (Å²) >= 11 is 0. The van der Waals surface area contributed by atoms with Gasteiger partial charge in [-0.05, 0) is 31.2 Å². The molecule has 0 saturated heterocycles. The highest BCUT2D eigenvalue weighted by Crippen LogP contribution is 2.49. The molecule has 1 aliphatic heterocycles. The third-order valence-corrected chi connectivity index (χ3v) is 6.56. The Bertz CT molecular complexity index is 1580. The summed E-state index contributed by atoms with van der Waals surface area (Å²) in [7, 11) is 2.90. The topological polar surface area (TPSA) is 71.1 Å². The molecular formula is C32H26O6. The Morgan fingerprint density at radius 2 is 1.47 bits per heavy atom. The smallest absolute Gasteiger partial charge is 0.342 e. The monoisotopic (exact) mass is 506 g/mol. The first-order valence-corrected chi connectivity index (χ1v) is 12.0. The highest BCUT2D eigenvalue weighted by Gasteiger charge is 2.40. The van der Waals surface area contributed by atoms with Crippen molar-refractivity contribution in [3.63, 3.8) is 0 Å². The second-order valence-corrected chi connectivity index (χ2v) is 8.92. The van der Waals surface area contributed by atoms with Gasteiger partial charge in [0.25, 0.3) is 0 Å². The van der Waals surface area contributed by atoms with E-state index in [0.717, 1.165) is 16.9 Å². The number of hydrogen-bond donors (Lipinski definition) is 0. The van der Waals surface area contributed by atoms with Gasteiger partial charge >= 0.3 is 11.9 Å². The van der Waals surface area contributed by atoms with Crippen molar-refractivity contribution in [3.8, 4) is 17.2 Å². The van der Waals surface area contributed by atoms with Crippen molar-refractivity contribution in [1.82, 2.24) is 0 Å². The van der Waals surface area contributed by atoms with E-state index in [0.29, 0.717) is 22.1 Å². The first kappa shape index (κ1) is 24.8. The molecule has 38 heavy (non-hydrogen) atoms. The maximum absolute atomic E-state index is 13.1. The maximum atomic E-state index is 13.1. The third-order valence-electron chi connectivity index (χ3n) is 6.56. The Labute approximate surface area is 220 Å². The number of rotatable bonds is 6. The zero-order valence-corrected chi connectivity index (χ0v) is 21.3. The van der Waals surface area contributed by atoms with Crippen molar-refractivity contribution in [1.29, 1.82) is 0 Å². The molecule has 4 aromatic rings. The van der Waals surface area contributed by atoms with E-state index < -0.39 is 17.5 Å². The number of carbonyl (C=O) groups excluding carboxylic acids is 2. The van der Waals surface area contributed by atoms with E-state index in [1.54, 1.807) is 26.2 Å². The Hall–Kier alpha value is -4.84. The normalized spacial score (nSPS) is 15.8. The van der Waals surface area contributed by atoms with Gasteiger partial charge < -0.3 is 18.9 Å². The summed E-state index contributed by atoms with van der Waals surface area (Å²) in [5.41, 5.74) is 1.52. The van der Waals surface area contributed by atoms with Crippen LogP contribution in [0.4, 0.5) is 0 Å². The number of hydrogen-bond acceptors (Lipinski definition) is 6. The molecule has 0 radical (unpaired) electrons. The van der Waals surface area contributed by atoms with Crippen molar-refractivity contribution in [2.75, 3.05) is 14.2 Å². The van der Waals surface area contributed by atoms with E-state index in [-0.39, 0.29) is 16.9 Å². The highest BCUT2D eigenvalue weighted by molar-refractivity contribution is 6.10. The van der Waals surface area contributed by atoms with Gasteiger partial charge in [0, 0.05) is 33.0 Å². The number of ether oxygens (including phenoxy) is 4. The molecule has 0 bridgehead atoms. The molecule has 4 aromatic carbocycles. The third kappa shape index (κ3) is 4.10. The van der Waals surface area contributed by atoms with Gasteiger partial charge in [-0.1, -0.05) is 73.3 Å². The Balaban J connectivity index is 1.81. The molecule has 0 amide bonds. The van der Waals surface area contributed by atoms with Crippen LogP contribution in [0.1, 0.15) is 34.0 Å². The summed E-state index contributed by atoms with van der Waals surface area (Å²) in [5.74, 6) is 0.00112. The zero-order valence-electron chi connectivity index (χ0n) is 21.3. The maximum Gasteiger partial charge on any atom is 0.342 e. The molecule has 5 rings (SSSR count). The number of benzene rings is 4. The summed E-state index contributed by atoms with van der Waals surface area (Å²) < 4.78 is 23.1. The van der Waals surface area contributed by atoms with Gasteiger partial charge in [-0.2, -0.15) is 0 Å². The predicted molar refractivity (Wildman–Crippen MR) is 146 cm³/mol. The van der Waals surface area contributed by atoms with E-state index in [4.69, 9.17) is 18.9 Å². The van der Waals surface area contributed by atoms with Gasteiger partial charge in [-0.3, -0.25) is 0 Å². The molecule has 1 atom stereocenters. The second kappa shape index (κ2) is 9.90. The van der Waals surface area contributed by atoms with Crippen LogP contribution in [-0.2, 0) is 15.1 Å². The molecule has 0 aliphatic carbocycles. The lowest BCUT2D eigenvalue weighted by Gasteiger charge is -2.37. The summed E-state index contributed by atoms with van der Waals surface area (Å²) in [6.07, 6.45) is 3.73. The fourth-order valence-electron chi connectivity index (χ4n) is 4.65. The van der Waals surface area contributed by atoms with Gasteiger partial charge in [0.2, 0.25) is 0 Å². The molecule has 6 nitrogen and oxygen atoms in total. The minimum atomic E-state index is -1.01. The largest absolute Gasteiger partial charge is 0.497 e. The number of carbonyl (C=O) groups is 2. The number of fused-ring (bicyclic) bond motifs is 3. The molecule has 0 spiro atoms. The zero-order chi connectivity index (χ0) is 26.9. The second-order valence-electron chi connectivity index (χ2n) is 8.92. The van der Waals surface area contributed by atoms with Gasteiger partial charge in [0.15, 0.2) is 11.4 Å². The summed E-state index contributed by atoms with van der Waals surface area (Å²) in [4.78, 5) is 25.7. The molecule has 6 heteroatoms. The highest BCUT2D eigenvalue weighted by atomic mass is 16.5. The number of esters is 2. The molecule has 0 saturated carbocycles. The summed E-state index contributed by atoms with van der Waals surface area (Å²) in [5, 5.41) is 1.21. The molecule has 0 fully saturated rings. The quantitative estimate of drug-likeness (QED) is 0.170. The lowest BCUT2D eigenvalue weighted by Crippen LogP contribution is -2.34. The average Bonchev–Trinajstić information content (AvgIpc) is 2.97. The molecule has 190 valence electrons.